The van der Waals surface area contributed by atoms with Gasteiger partial charge in [0.15, 0.2) is 0 Å². The number of urea groups is 1. The molecule has 180 valence electrons. The second-order valence-electron chi connectivity index (χ2n) is 9.81. The summed E-state index contributed by atoms with van der Waals surface area (Å²) in [6.45, 7) is 7.01. The highest BCUT2D eigenvalue weighted by atomic mass is 16.5. The van der Waals surface area contributed by atoms with Gasteiger partial charge in [-0.15, -0.1) is 0 Å². The van der Waals surface area contributed by atoms with Crippen LogP contribution in [0.15, 0.2) is 30.3 Å². The smallest absolute Gasteiger partial charge is 0.322 e. The van der Waals surface area contributed by atoms with E-state index in [2.05, 4.69) is 28.5 Å². The number of fused-ring (bicyclic) bond motifs is 1. The number of methoxy groups -OCH3 is 1. The molecular formula is C27H34N4O3. The fourth-order valence-corrected chi connectivity index (χ4v) is 5.48. The molecule has 7 nitrogen and oxygen atoms in total. The number of hydrogen-bond donors (Lipinski definition) is 2. The molecule has 0 atom stereocenters. The van der Waals surface area contributed by atoms with Crippen molar-refractivity contribution in [2.45, 2.75) is 58.5 Å². The fraction of sp³-hybridized carbons (Fsp3) is 0.481. The normalized spacial score (nSPS) is 21.9. The summed E-state index contributed by atoms with van der Waals surface area (Å²) in [5.74, 6) is 0.779. The molecule has 2 fully saturated rings. The van der Waals surface area contributed by atoms with Crippen LogP contribution in [0.3, 0.4) is 0 Å². The Kier molecular flexibility index (Phi) is 6.11. The summed E-state index contributed by atoms with van der Waals surface area (Å²) < 4.78 is 5.37. The van der Waals surface area contributed by atoms with Gasteiger partial charge in [0.2, 0.25) is 5.91 Å². The summed E-state index contributed by atoms with van der Waals surface area (Å²) in [6, 6.07) is 10.0. The molecule has 2 aromatic rings. The van der Waals surface area contributed by atoms with Gasteiger partial charge in [0.05, 0.1) is 13.7 Å². The molecule has 0 bridgehead atoms. The van der Waals surface area contributed by atoms with Gasteiger partial charge in [-0.25, -0.2) is 4.79 Å². The van der Waals surface area contributed by atoms with Gasteiger partial charge in [-0.1, -0.05) is 6.07 Å². The third-order valence-electron chi connectivity index (χ3n) is 7.78. The van der Waals surface area contributed by atoms with E-state index in [0.29, 0.717) is 6.54 Å². The average Bonchev–Trinajstić information content (AvgIpc) is 2.81. The number of amides is 3. The fourth-order valence-electron chi connectivity index (χ4n) is 5.48. The molecule has 5 rings (SSSR count). The van der Waals surface area contributed by atoms with Crippen LogP contribution in [0.5, 0.6) is 5.75 Å². The van der Waals surface area contributed by atoms with E-state index in [-0.39, 0.29) is 23.9 Å². The zero-order valence-electron chi connectivity index (χ0n) is 20.3. The Morgan fingerprint density at radius 3 is 2.53 bits per heavy atom. The van der Waals surface area contributed by atoms with Crippen LogP contribution in [0.2, 0.25) is 0 Å². The standard InChI is InChI=1S/C27H34N4O3/c1-17-5-8-20(15-25(17)34-3)28-26(32)19-6-9-21(10-7-19)31-16-22-18(2)24(30-13-4-14-30)12-11-23(22)29-27(31)33/h5,8,11-12,15,19,21H,4,6-7,9-10,13-14,16H2,1-3H3,(H,28,32)(H,29,33). The van der Waals surface area contributed by atoms with Gasteiger partial charge in [-0.2, -0.15) is 0 Å². The highest BCUT2D eigenvalue weighted by Gasteiger charge is 2.35. The Morgan fingerprint density at radius 2 is 1.85 bits per heavy atom. The SMILES string of the molecule is COc1cc(NC(=O)C2CCC(N3Cc4c(ccc(N5CCC5)c4C)NC3=O)CC2)ccc1C. The van der Waals surface area contributed by atoms with Crippen molar-refractivity contribution in [2.24, 2.45) is 5.92 Å². The molecule has 1 aliphatic carbocycles. The molecule has 2 aromatic carbocycles. The monoisotopic (exact) mass is 462 g/mol. The van der Waals surface area contributed by atoms with Crippen molar-refractivity contribution in [3.05, 3.63) is 47.0 Å². The minimum atomic E-state index is -0.0385. The summed E-state index contributed by atoms with van der Waals surface area (Å²) in [4.78, 5) is 30.2. The van der Waals surface area contributed by atoms with E-state index in [4.69, 9.17) is 4.74 Å². The number of hydrogen-bond acceptors (Lipinski definition) is 4. The summed E-state index contributed by atoms with van der Waals surface area (Å²) in [6.07, 6.45) is 4.48. The summed E-state index contributed by atoms with van der Waals surface area (Å²) >= 11 is 0. The van der Waals surface area contributed by atoms with Crippen LogP contribution < -0.4 is 20.3 Å². The van der Waals surface area contributed by atoms with Crippen molar-refractivity contribution in [1.82, 2.24) is 4.90 Å². The van der Waals surface area contributed by atoms with Crippen molar-refractivity contribution in [3.63, 3.8) is 0 Å². The maximum absolute atomic E-state index is 12.9. The van der Waals surface area contributed by atoms with E-state index in [1.54, 1.807) is 7.11 Å². The highest BCUT2D eigenvalue weighted by molar-refractivity contribution is 5.94. The van der Waals surface area contributed by atoms with Gasteiger partial charge in [0, 0.05) is 53.7 Å². The number of nitrogens with zero attached hydrogens (tertiary/aromatic N) is 2. The Bertz CT molecular complexity index is 1100. The van der Waals surface area contributed by atoms with Crippen LogP contribution >= 0.6 is 0 Å². The Morgan fingerprint density at radius 1 is 1.09 bits per heavy atom. The van der Waals surface area contributed by atoms with Crippen LogP contribution in [0.4, 0.5) is 21.9 Å². The van der Waals surface area contributed by atoms with Crippen LogP contribution in [-0.2, 0) is 11.3 Å². The number of anilines is 3. The van der Waals surface area contributed by atoms with Crippen molar-refractivity contribution >= 4 is 29.0 Å². The Balaban J connectivity index is 1.22. The van der Waals surface area contributed by atoms with Crippen molar-refractivity contribution in [2.75, 3.05) is 35.7 Å². The summed E-state index contributed by atoms with van der Waals surface area (Å²) in [7, 11) is 1.64. The number of carbonyl (C=O) groups excluding carboxylic acids is 2. The average molecular weight is 463 g/mol. The number of rotatable bonds is 5. The topological polar surface area (TPSA) is 73.9 Å². The van der Waals surface area contributed by atoms with Gasteiger partial charge < -0.3 is 25.2 Å². The molecule has 2 heterocycles. The quantitative estimate of drug-likeness (QED) is 0.651. The van der Waals surface area contributed by atoms with E-state index in [0.717, 1.165) is 61.5 Å². The molecule has 3 aliphatic rings. The largest absolute Gasteiger partial charge is 0.496 e. The summed E-state index contributed by atoms with van der Waals surface area (Å²) in [5, 5.41) is 6.16. The Hall–Kier alpha value is -3.22. The van der Waals surface area contributed by atoms with E-state index in [9.17, 15) is 9.59 Å². The highest BCUT2D eigenvalue weighted by Crippen LogP contribution is 2.37. The van der Waals surface area contributed by atoms with Crippen molar-refractivity contribution in [3.8, 4) is 5.75 Å². The third-order valence-corrected chi connectivity index (χ3v) is 7.78. The lowest BCUT2D eigenvalue weighted by Crippen LogP contribution is -2.47. The molecule has 2 aliphatic heterocycles. The molecule has 0 radical (unpaired) electrons. The van der Waals surface area contributed by atoms with E-state index in [1.165, 1.54) is 23.2 Å². The van der Waals surface area contributed by atoms with Crippen LogP contribution in [0.25, 0.3) is 0 Å². The maximum atomic E-state index is 12.9. The van der Waals surface area contributed by atoms with Crippen molar-refractivity contribution < 1.29 is 14.3 Å². The number of ether oxygens (including phenoxy) is 1. The van der Waals surface area contributed by atoms with Gasteiger partial charge in [0.25, 0.3) is 0 Å². The first-order chi connectivity index (χ1) is 16.4. The molecule has 0 aromatic heterocycles. The van der Waals surface area contributed by atoms with E-state index < -0.39 is 0 Å². The molecule has 34 heavy (non-hydrogen) atoms. The van der Waals surface area contributed by atoms with E-state index >= 15 is 0 Å². The van der Waals surface area contributed by atoms with Gasteiger partial charge in [-0.3, -0.25) is 4.79 Å². The van der Waals surface area contributed by atoms with Gasteiger partial charge in [-0.05, 0) is 75.3 Å². The van der Waals surface area contributed by atoms with Gasteiger partial charge >= 0.3 is 6.03 Å². The zero-order valence-corrected chi connectivity index (χ0v) is 20.3. The molecule has 1 saturated carbocycles. The molecule has 1 saturated heterocycles. The van der Waals surface area contributed by atoms with Crippen LogP contribution in [-0.4, -0.2) is 43.1 Å². The first-order valence-electron chi connectivity index (χ1n) is 12.3. The number of carbonyl (C=O) groups is 2. The molecule has 3 amide bonds. The first-order valence-corrected chi connectivity index (χ1v) is 12.3. The minimum absolute atomic E-state index is 0.0248. The van der Waals surface area contributed by atoms with E-state index in [1.807, 2.05) is 36.1 Å². The van der Waals surface area contributed by atoms with Crippen LogP contribution in [0.1, 0.15) is 48.8 Å². The number of aryl methyl sites for hydroxylation is 1. The van der Waals surface area contributed by atoms with Crippen LogP contribution in [0, 0.1) is 19.8 Å². The van der Waals surface area contributed by atoms with Crippen molar-refractivity contribution in [1.29, 1.82) is 0 Å². The molecule has 7 heteroatoms. The lowest BCUT2D eigenvalue weighted by atomic mass is 9.84. The second-order valence-corrected chi connectivity index (χ2v) is 9.81. The third kappa shape index (κ3) is 4.19. The second kappa shape index (κ2) is 9.20. The predicted octanol–water partition coefficient (Wildman–Crippen LogP) is 5.07. The molecule has 0 spiro atoms. The predicted molar refractivity (Wildman–Crippen MR) is 135 cm³/mol. The minimum Gasteiger partial charge on any atom is -0.496 e. The molecule has 2 N–H and O–H groups in total. The number of benzene rings is 2. The van der Waals surface area contributed by atoms with Gasteiger partial charge in [0.1, 0.15) is 5.75 Å². The maximum Gasteiger partial charge on any atom is 0.322 e. The zero-order chi connectivity index (χ0) is 23.8. The Labute approximate surface area is 201 Å². The lowest BCUT2D eigenvalue weighted by Gasteiger charge is -2.41. The molecular weight excluding hydrogens is 428 g/mol. The number of nitrogens with one attached hydrogen (secondary N) is 2. The lowest BCUT2D eigenvalue weighted by molar-refractivity contribution is -0.121. The summed E-state index contributed by atoms with van der Waals surface area (Å²) in [5.41, 5.74) is 6.50. The molecule has 0 unspecified atom stereocenters. The first kappa shape index (κ1) is 22.6.